The minimum Gasteiger partial charge on any atom is -0.369 e. The molecule has 1 unspecified atom stereocenters. The molecule has 0 radical (unpaired) electrons. The third kappa shape index (κ3) is 3.91. The van der Waals surface area contributed by atoms with Gasteiger partial charge in [0.2, 0.25) is 0 Å². The predicted octanol–water partition coefficient (Wildman–Crippen LogP) is 4.47. The van der Waals surface area contributed by atoms with E-state index in [1.807, 2.05) is 0 Å². The number of nitrogens with zero attached hydrogens (tertiary/aromatic N) is 1. The lowest BCUT2D eigenvalue weighted by Gasteiger charge is -2.22. The van der Waals surface area contributed by atoms with Crippen molar-refractivity contribution >= 4 is 40.5 Å². The van der Waals surface area contributed by atoms with Gasteiger partial charge in [-0.1, -0.05) is 41.7 Å². The molecule has 5 heteroatoms. The fourth-order valence-electron chi connectivity index (χ4n) is 2.52. The SMILES string of the molecule is CCCNCC1CCN(c2c(Cl)cc(Cl)cc2Cl)C1. The van der Waals surface area contributed by atoms with E-state index in [9.17, 15) is 0 Å². The molecular weight excluding hydrogens is 303 g/mol. The number of benzene rings is 1. The summed E-state index contributed by atoms with van der Waals surface area (Å²) >= 11 is 18.5. The van der Waals surface area contributed by atoms with E-state index in [0.29, 0.717) is 21.0 Å². The fourth-order valence-corrected chi connectivity index (χ4v) is 3.58. The summed E-state index contributed by atoms with van der Waals surface area (Å²) in [5, 5.41) is 5.33. The smallest absolute Gasteiger partial charge is 0.0746 e. The lowest BCUT2D eigenvalue weighted by Crippen LogP contribution is -2.27. The molecule has 1 saturated heterocycles. The first-order valence-electron chi connectivity index (χ1n) is 6.72. The van der Waals surface area contributed by atoms with E-state index >= 15 is 0 Å². The van der Waals surface area contributed by atoms with Crippen molar-refractivity contribution in [2.45, 2.75) is 19.8 Å². The van der Waals surface area contributed by atoms with E-state index in [1.165, 1.54) is 12.8 Å². The van der Waals surface area contributed by atoms with Gasteiger partial charge in [0.25, 0.3) is 0 Å². The molecule has 1 aromatic rings. The first-order valence-corrected chi connectivity index (χ1v) is 7.85. The Hall–Kier alpha value is -0.150. The molecule has 0 aromatic heterocycles. The quantitative estimate of drug-likeness (QED) is 0.805. The molecule has 1 aliphatic rings. The monoisotopic (exact) mass is 320 g/mol. The molecule has 1 heterocycles. The van der Waals surface area contributed by atoms with Gasteiger partial charge in [0.1, 0.15) is 0 Å². The minimum absolute atomic E-state index is 0.583. The molecule has 0 aliphatic carbocycles. The van der Waals surface area contributed by atoms with Crippen molar-refractivity contribution in [1.82, 2.24) is 5.32 Å². The summed E-state index contributed by atoms with van der Waals surface area (Å²) in [4.78, 5) is 2.26. The molecule has 1 atom stereocenters. The van der Waals surface area contributed by atoms with Crippen LogP contribution in [0.2, 0.25) is 15.1 Å². The number of rotatable bonds is 5. The van der Waals surface area contributed by atoms with Crippen LogP contribution in [0.4, 0.5) is 5.69 Å². The Labute approximate surface area is 130 Å². The molecule has 1 N–H and O–H groups in total. The molecule has 0 saturated carbocycles. The second kappa shape index (κ2) is 7.03. The zero-order chi connectivity index (χ0) is 13.8. The van der Waals surface area contributed by atoms with Gasteiger partial charge in [-0.3, -0.25) is 0 Å². The summed E-state index contributed by atoms with van der Waals surface area (Å²) in [7, 11) is 0. The second-order valence-electron chi connectivity index (χ2n) is 5.02. The highest BCUT2D eigenvalue weighted by Crippen LogP contribution is 2.38. The Kier molecular flexibility index (Phi) is 5.64. The van der Waals surface area contributed by atoms with Crippen LogP contribution in [0, 0.1) is 5.92 Å². The van der Waals surface area contributed by atoms with E-state index in [2.05, 4.69) is 17.1 Å². The number of hydrogen-bond donors (Lipinski definition) is 1. The largest absolute Gasteiger partial charge is 0.369 e. The van der Waals surface area contributed by atoms with Crippen molar-refractivity contribution in [3.63, 3.8) is 0 Å². The Morgan fingerprint density at radius 2 is 1.95 bits per heavy atom. The van der Waals surface area contributed by atoms with E-state index in [1.54, 1.807) is 12.1 Å². The molecule has 19 heavy (non-hydrogen) atoms. The van der Waals surface area contributed by atoms with Crippen molar-refractivity contribution in [3.8, 4) is 0 Å². The average molecular weight is 322 g/mol. The summed E-state index contributed by atoms with van der Waals surface area (Å²) in [6.45, 7) is 6.32. The Morgan fingerprint density at radius 1 is 1.26 bits per heavy atom. The van der Waals surface area contributed by atoms with Crippen LogP contribution in [-0.2, 0) is 0 Å². The first-order chi connectivity index (χ1) is 9.11. The minimum atomic E-state index is 0.583. The number of anilines is 1. The van der Waals surface area contributed by atoms with Crippen molar-refractivity contribution in [2.24, 2.45) is 5.92 Å². The fraction of sp³-hybridized carbons (Fsp3) is 0.571. The number of hydrogen-bond acceptors (Lipinski definition) is 2. The van der Waals surface area contributed by atoms with Crippen LogP contribution < -0.4 is 10.2 Å². The van der Waals surface area contributed by atoms with Gasteiger partial charge in [-0.2, -0.15) is 0 Å². The van der Waals surface area contributed by atoms with Crippen LogP contribution in [0.25, 0.3) is 0 Å². The maximum atomic E-state index is 6.26. The van der Waals surface area contributed by atoms with Crippen LogP contribution >= 0.6 is 34.8 Å². The lowest BCUT2D eigenvalue weighted by molar-refractivity contribution is 0.516. The number of halogens is 3. The normalized spacial score (nSPS) is 19.2. The van der Waals surface area contributed by atoms with Crippen LogP contribution in [0.3, 0.4) is 0 Å². The van der Waals surface area contributed by atoms with Gasteiger partial charge in [-0.15, -0.1) is 0 Å². The second-order valence-corrected chi connectivity index (χ2v) is 6.27. The van der Waals surface area contributed by atoms with Gasteiger partial charge < -0.3 is 10.2 Å². The van der Waals surface area contributed by atoms with Crippen LogP contribution in [0.15, 0.2) is 12.1 Å². The molecule has 0 amide bonds. The molecule has 1 fully saturated rings. The highest BCUT2D eigenvalue weighted by Gasteiger charge is 2.25. The molecule has 1 aliphatic heterocycles. The standard InChI is InChI=1S/C14H19Cl3N2/c1-2-4-18-8-10-3-5-19(9-10)14-12(16)6-11(15)7-13(14)17/h6-7,10,18H,2-5,8-9H2,1H3. The molecule has 1 aromatic carbocycles. The van der Waals surface area contributed by atoms with E-state index in [-0.39, 0.29) is 0 Å². The van der Waals surface area contributed by atoms with Gasteiger partial charge in [0, 0.05) is 18.1 Å². The Morgan fingerprint density at radius 3 is 2.58 bits per heavy atom. The van der Waals surface area contributed by atoms with E-state index < -0.39 is 0 Å². The van der Waals surface area contributed by atoms with E-state index in [4.69, 9.17) is 34.8 Å². The number of nitrogens with one attached hydrogen (secondary N) is 1. The Bertz CT molecular complexity index is 414. The van der Waals surface area contributed by atoms with Gasteiger partial charge in [-0.25, -0.2) is 0 Å². The molecule has 0 bridgehead atoms. The van der Waals surface area contributed by atoms with Crippen molar-refractivity contribution in [1.29, 1.82) is 0 Å². The third-order valence-corrected chi connectivity index (χ3v) is 4.24. The summed E-state index contributed by atoms with van der Waals surface area (Å²) in [5.41, 5.74) is 0.922. The van der Waals surface area contributed by atoms with Crippen molar-refractivity contribution < 1.29 is 0 Å². The zero-order valence-corrected chi connectivity index (χ0v) is 13.3. The van der Waals surface area contributed by atoms with Crippen LogP contribution in [0.1, 0.15) is 19.8 Å². The van der Waals surface area contributed by atoms with Crippen molar-refractivity contribution in [2.75, 3.05) is 31.1 Å². The molecule has 0 spiro atoms. The van der Waals surface area contributed by atoms with Gasteiger partial charge in [-0.05, 0) is 44.0 Å². The van der Waals surface area contributed by atoms with Gasteiger partial charge in [0.15, 0.2) is 0 Å². The summed E-state index contributed by atoms with van der Waals surface area (Å²) in [6, 6.07) is 3.51. The van der Waals surface area contributed by atoms with Crippen LogP contribution in [0.5, 0.6) is 0 Å². The molecular formula is C14H19Cl3N2. The van der Waals surface area contributed by atoms with Crippen molar-refractivity contribution in [3.05, 3.63) is 27.2 Å². The lowest BCUT2D eigenvalue weighted by atomic mass is 10.1. The zero-order valence-electron chi connectivity index (χ0n) is 11.1. The molecule has 2 nitrogen and oxygen atoms in total. The highest BCUT2D eigenvalue weighted by atomic mass is 35.5. The first kappa shape index (κ1) is 15.2. The third-order valence-electron chi connectivity index (χ3n) is 3.44. The predicted molar refractivity (Wildman–Crippen MR) is 85.0 cm³/mol. The van der Waals surface area contributed by atoms with Gasteiger partial charge in [0.05, 0.1) is 15.7 Å². The van der Waals surface area contributed by atoms with E-state index in [0.717, 1.165) is 31.9 Å². The summed E-state index contributed by atoms with van der Waals surface area (Å²) < 4.78 is 0. The topological polar surface area (TPSA) is 15.3 Å². The maximum Gasteiger partial charge on any atom is 0.0746 e. The van der Waals surface area contributed by atoms with Gasteiger partial charge >= 0.3 is 0 Å². The Balaban J connectivity index is 2.01. The maximum absolute atomic E-state index is 6.26. The summed E-state index contributed by atoms with van der Waals surface area (Å²) in [5.74, 6) is 0.661. The molecule has 106 valence electrons. The summed E-state index contributed by atoms with van der Waals surface area (Å²) in [6.07, 6.45) is 2.34. The molecule has 2 rings (SSSR count). The highest BCUT2D eigenvalue weighted by molar-refractivity contribution is 6.41. The van der Waals surface area contributed by atoms with Crippen LogP contribution in [-0.4, -0.2) is 26.2 Å². The average Bonchev–Trinajstić information content (AvgIpc) is 2.76.